The van der Waals surface area contributed by atoms with Crippen LogP contribution in [0.4, 0.5) is 0 Å². The molecule has 120 valence electrons. The fourth-order valence-corrected chi connectivity index (χ4v) is 1.86. The van der Waals surface area contributed by atoms with Crippen molar-refractivity contribution in [3.63, 3.8) is 0 Å². The number of nitrogens with one attached hydrogen (secondary N) is 2. The standard InChI is InChI=1S/C16H26N2O2.ClH/c1-16(2,3)13-7-5-12(6-8-13)14(19)11-18-15(20)9-10-17-4;/h5-8,14,17,19H,9-11H2,1-4H3,(H,18,20);1H. The van der Waals surface area contributed by atoms with Gasteiger partial charge < -0.3 is 15.7 Å². The van der Waals surface area contributed by atoms with Gasteiger partial charge in [-0.3, -0.25) is 4.79 Å². The number of carbonyl (C=O) groups excluding carboxylic acids is 1. The molecule has 0 saturated carbocycles. The van der Waals surface area contributed by atoms with Gasteiger partial charge in [-0.2, -0.15) is 0 Å². The fourth-order valence-electron chi connectivity index (χ4n) is 1.86. The first-order valence-electron chi connectivity index (χ1n) is 7.04. The molecule has 5 heteroatoms. The SMILES string of the molecule is CNCCC(=O)NCC(O)c1ccc(C(C)(C)C)cc1.Cl. The third-order valence-electron chi connectivity index (χ3n) is 3.26. The topological polar surface area (TPSA) is 61.4 Å². The first-order valence-corrected chi connectivity index (χ1v) is 7.04. The van der Waals surface area contributed by atoms with Crippen LogP contribution in [0.3, 0.4) is 0 Å². The summed E-state index contributed by atoms with van der Waals surface area (Å²) in [6.45, 7) is 7.35. The molecule has 3 N–H and O–H groups in total. The third-order valence-corrected chi connectivity index (χ3v) is 3.26. The van der Waals surface area contributed by atoms with Gasteiger partial charge in [0.15, 0.2) is 0 Å². The fraction of sp³-hybridized carbons (Fsp3) is 0.562. The number of hydrogen-bond acceptors (Lipinski definition) is 3. The molecule has 1 atom stereocenters. The van der Waals surface area contributed by atoms with E-state index in [1.165, 1.54) is 5.56 Å². The van der Waals surface area contributed by atoms with Gasteiger partial charge in [-0.25, -0.2) is 0 Å². The lowest BCUT2D eigenvalue weighted by molar-refractivity contribution is -0.121. The molecule has 0 aliphatic heterocycles. The first kappa shape index (κ1) is 19.9. The highest BCUT2D eigenvalue weighted by Crippen LogP contribution is 2.23. The van der Waals surface area contributed by atoms with Crippen molar-refractivity contribution in [2.24, 2.45) is 0 Å². The Hall–Kier alpha value is -1.10. The Morgan fingerprint density at radius 2 is 1.81 bits per heavy atom. The van der Waals surface area contributed by atoms with Crippen molar-refractivity contribution in [1.29, 1.82) is 0 Å². The number of halogens is 1. The van der Waals surface area contributed by atoms with Gasteiger partial charge in [0.2, 0.25) is 5.91 Å². The summed E-state index contributed by atoms with van der Waals surface area (Å²) >= 11 is 0. The summed E-state index contributed by atoms with van der Waals surface area (Å²) < 4.78 is 0. The Morgan fingerprint density at radius 3 is 2.29 bits per heavy atom. The summed E-state index contributed by atoms with van der Waals surface area (Å²) in [5.74, 6) is -0.0512. The van der Waals surface area contributed by atoms with Crippen LogP contribution in [0, 0.1) is 0 Å². The molecule has 0 saturated heterocycles. The van der Waals surface area contributed by atoms with Crippen molar-refractivity contribution in [1.82, 2.24) is 10.6 Å². The molecule has 0 aromatic heterocycles. The summed E-state index contributed by atoms with van der Waals surface area (Å²) in [5.41, 5.74) is 2.16. The molecule has 1 aromatic rings. The Labute approximate surface area is 133 Å². The van der Waals surface area contributed by atoms with Crippen LogP contribution in [0.2, 0.25) is 0 Å². The van der Waals surface area contributed by atoms with Crippen LogP contribution >= 0.6 is 12.4 Å². The van der Waals surface area contributed by atoms with Crippen molar-refractivity contribution in [2.45, 2.75) is 38.7 Å². The first-order chi connectivity index (χ1) is 9.34. The van der Waals surface area contributed by atoms with E-state index in [1.807, 2.05) is 24.3 Å². The highest BCUT2D eigenvalue weighted by atomic mass is 35.5. The average Bonchev–Trinajstić information content (AvgIpc) is 2.41. The Bertz CT molecular complexity index is 427. The van der Waals surface area contributed by atoms with Crippen molar-refractivity contribution in [3.8, 4) is 0 Å². The zero-order chi connectivity index (χ0) is 15.2. The normalized spacial score (nSPS) is 12.4. The second-order valence-electron chi connectivity index (χ2n) is 6.05. The molecule has 0 aliphatic rings. The second-order valence-corrected chi connectivity index (χ2v) is 6.05. The molecule has 0 heterocycles. The van der Waals surface area contributed by atoms with Crippen molar-refractivity contribution >= 4 is 18.3 Å². The van der Waals surface area contributed by atoms with E-state index in [0.29, 0.717) is 13.0 Å². The van der Waals surface area contributed by atoms with Crippen LogP contribution < -0.4 is 10.6 Å². The molecule has 0 fully saturated rings. The van der Waals surface area contributed by atoms with Gasteiger partial charge in [0.05, 0.1) is 6.10 Å². The van der Waals surface area contributed by atoms with E-state index in [4.69, 9.17) is 0 Å². The number of amides is 1. The van der Waals surface area contributed by atoms with E-state index in [1.54, 1.807) is 7.05 Å². The summed E-state index contributed by atoms with van der Waals surface area (Å²) in [6, 6.07) is 7.90. The smallest absolute Gasteiger partial charge is 0.221 e. The molecule has 1 rings (SSSR count). The molecular formula is C16H27ClN2O2. The highest BCUT2D eigenvalue weighted by Gasteiger charge is 2.14. The molecule has 1 unspecified atom stereocenters. The number of hydrogen-bond donors (Lipinski definition) is 3. The molecule has 0 aliphatic carbocycles. The van der Waals surface area contributed by atoms with Crippen LogP contribution in [-0.4, -0.2) is 31.2 Å². The monoisotopic (exact) mass is 314 g/mol. The number of aliphatic hydroxyl groups excluding tert-OH is 1. The molecule has 1 amide bonds. The van der Waals surface area contributed by atoms with E-state index in [-0.39, 0.29) is 30.3 Å². The number of rotatable bonds is 6. The average molecular weight is 315 g/mol. The second kappa shape index (κ2) is 9.03. The predicted octanol–water partition coefficient (Wildman–Crippen LogP) is 2.17. The van der Waals surface area contributed by atoms with Gasteiger partial charge in [0, 0.05) is 19.5 Å². The van der Waals surface area contributed by atoms with Crippen LogP contribution in [0.1, 0.15) is 44.4 Å². The number of carbonyl (C=O) groups is 1. The van der Waals surface area contributed by atoms with E-state index >= 15 is 0 Å². The lowest BCUT2D eigenvalue weighted by Crippen LogP contribution is -2.30. The number of benzene rings is 1. The Kier molecular flexibility index (Phi) is 8.55. The van der Waals surface area contributed by atoms with Gasteiger partial charge in [-0.15, -0.1) is 12.4 Å². The van der Waals surface area contributed by atoms with Crippen LogP contribution in [0.5, 0.6) is 0 Å². The van der Waals surface area contributed by atoms with Gasteiger partial charge in [0.25, 0.3) is 0 Å². The van der Waals surface area contributed by atoms with Crippen molar-refractivity contribution in [2.75, 3.05) is 20.1 Å². The lowest BCUT2D eigenvalue weighted by Gasteiger charge is -2.20. The van der Waals surface area contributed by atoms with E-state index in [0.717, 1.165) is 5.56 Å². The summed E-state index contributed by atoms with van der Waals surface area (Å²) in [4.78, 5) is 11.5. The Morgan fingerprint density at radius 1 is 1.24 bits per heavy atom. The molecule has 0 bridgehead atoms. The van der Waals surface area contributed by atoms with E-state index in [9.17, 15) is 9.90 Å². The molecule has 0 spiro atoms. The minimum Gasteiger partial charge on any atom is -0.387 e. The minimum absolute atomic E-state index is 0. The lowest BCUT2D eigenvalue weighted by atomic mass is 9.86. The maximum atomic E-state index is 11.5. The minimum atomic E-state index is -0.664. The molecule has 1 aromatic carbocycles. The highest BCUT2D eigenvalue weighted by molar-refractivity contribution is 5.85. The summed E-state index contributed by atoms with van der Waals surface area (Å²) in [6.07, 6.45) is -0.242. The van der Waals surface area contributed by atoms with E-state index < -0.39 is 6.10 Å². The maximum absolute atomic E-state index is 11.5. The van der Waals surface area contributed by atoms with Gasteiger partial charge >= 0.3 is 0 Å². The van der Waals surface area contributed by atoms with Crippen LogP contribution in [-0.2, 0) is 10.2 Å². The van der Waals surface area contributed by atoms with Gasteiger partial charge in [-0.05, 0) is 23.6 Å². The quantitative estimate of drug-likeness (QED) is 0.754. The molecule has 4 nitrogen and oxygen atoms in total. The van der Waals surface area contributed by atoms with Crippen molar-refractivity contribution < 1.29 is 9.90 Å². The van der Waals surface area contributed by atoms with Crippen LogP contribution in [0.15, 0.2) is 24.3 Å². The van der Waals surface area contributed by atoms with E-state index in [2.05, 4.69) is 31.4 Å². The predicted molar refractivity (Wildman–Crippen MR) is 88.9 cm³/mol. The third kappa shape index (κ3) is 6.93. The number of aliphatic hydroxyl groups is 1. The summed E-state index contributed by atoms with van der Waals surface area (Å²) in [5, 5.41) is 15.7. The largest absolute Gasteiger partial charge is 0.387 e. The molecule has 0 radical (unpaired) electrons. The molecular weight excluding hydrogens is 288 g/mol. The Balaban J connectivity index is 0.00000400. The molecule has 21 heavy (non-hydrogen) atoms. The van der Waals surface area contributed by atoms with Crippen molar-refractivity contribution in [3.05, 3.63) is 35.4 Å². The van der Waals surface area contributed by atoms with Gasteiger partial charge in [-0.1, -0.05) is 45.0 Å². The van der Waals surface area contributed by atoms with Crippen LogP contribution in [0.25, 0.3) is 0 Å². The zero-order valence-electron chi connectivity index (χ0n) is 13.3. The van der Waals surface area contributed by atoms with Gasteiger partial charge in [0.1, 0.15) is 0 Å². The summed E-state index contributed by atoms with van der Waals surface area (Å²) in [7, 11) is 1.80. The maximum Gasteiger partial charge on any atom is 0.221 e. The zero-order valence-corrected chi connectivity index (χ0v) is 14.1.